The van der Waals surface area contributed by atoms with Gasteiger partial charge < -0.3 is 10.1 Å². The topological polar surface area (TPSA) is 74.0 Å². The number of anilines is 1. The number of ether oxygens (including phenoxy) is 1. The molecule has 0 saturated heterocycles. The van der Waals surface area contributed by atoms with Gasteiger partial charge in [0.15, 0.2) is 12.4 Å². The van der Waals surface area contributed by atoms with Crippen LogP contribution >= 0.6 is 11.6 Å². The van der Waals surface area contributed by atoms with Crippen molar-refractivity contribution in [2.75, 3.05) is 5.32 Å². The molecule has 2 aromatic carbocycles. The van der Waals surface area contributed by atoms with Crippen molar-refractivity contribution < 1.29 is 13.9 Å². The molecule has 0 spiro atoms. The highest BCUT2D eigenvalue weighted by Gasteiger charge is 2.12. The minimum atomic E-state index is -0.384. The lowest BCUT2D eigenvalue weighted by molar-refractivity contribution is 0.102. The number of carbonyl (C=O) groups is 1. The van der Waals surface area contributed by atoms with Crippen molar-refractivity contribution in [1.82, 2.24) is 19.6 Å². The largest absolute Gasteiger partial charge is 0.471 e. The van der Waals surface area contributed by atoms with E-state index in [0.717, 1.165) is 0 Å². The van der Waals surface area contributed by atoms with Gasteiger partial charge in [-0.1, -0.05) is 29.8 Å². The molecule has 0 bridgehead atoms. The molecule has 30 heavy (non-hydrogen) atoms. The molecule has 0 aliphatic carbocycles. The van der Waals surface area contributed by atoms with Crippen molar-refractivity contribution in [3.05, 3.63) is 95.3 Å². The van der Waals surface area contributed by atoms with Crippen LogP contribution in [0.15, 0.2) is 73.2 Å². The van der Waals surface area contributed by atoms with Gasteiger partial charge in [-0.3, -0.25) is 9.48 Å². The molecule has 1 N–H and O–H groups in total. The van der Waals surface area contributed by atoms with E-state index in [4.69, 9.17) is 16.3 Å². The van der Waals surface area contributed by atoms with Crippen molar-refractivity contribution in [3.8, 4) is 5.75 Å². The zero-order valence-electron chi connectivity index (χ0n) is 15.7. The van der Waals surface area contributed by atoms with Gasteiger partial charge in [0, 0.05) is 23.0 Å². The van der Waals surface area contributed by atoms with E-state index in [0.29, 0.717) is 22.0 Å². The van der Waals surface area contributed by atoms with Gasteiger partial charge in [-0.25, -0.2) is 9.07 Å². The number of halogens is 2. The van der Waals surface area contributed by atoms with E-state index in [1.165, 1.54) is 16.9 Å². The number of hydrogen-bond acceptors (Lipinski definition) is 4. The van der Waals surface area contributed by atoms with E-state index in [9.17, 15) is 9.18 Å². The second kappa shape index (κ2) is 8.79. The number of rotatable bonds is 7. The van der Waals surface area contributed by atoms with Crippen LogP contribution in [0.4, 0.5) is 10.1 Å². The SMILES string of the molecule is O=C(Nc1cnn(Cc2ccccc2F)c1)c1ccn(COc2ccc(Cl)cc2)n1. The van der Waals surface area contributed by atoms with Crippen LogP contribution in [0.1, 0.15) is 16.1 Å². The molecule has 0 fully saturated rings. The minimum absolute atomic E-state index is 0.148. The molecular formula is C21H17ClFN5O2. The van der Waals surface area contributed by atoms with E-state index in [1.807, 2.05) is 0 Å². The fraction of sp³-hybridized carbons (Fsp3) is 0.0952. The maximum absolute atomic E-state index is 13.8. The molecule has 2 heterocycles. The van der Waals surface area contributed by atoms with Crippen LogP contribution < -0.4 is 10.1 Å². The molecule has 0 aliphatic rings. The van der Waals surface area contributed by atoms with E-state index in [2.05, 4.69) is 15.5 Å². The summed E-state index contributed by atoms with van der Waals surface area (Å²) in [5.74, 6) is -0.0428. The Morgan fingerprint density at radius 3 is 2.70 bits per heavy atom. The number of aromatic nitrogens is 4. The molecule has 2 aromatic heterocycles. The predicted octanol–water partition coefficient (Wildman–Crippen LogP) is 4.21. The maximum atomic E-state index is 13.8. The van der Waals surface area contributed by atoms with Gasteiger partial charge in [-0.05, 0) is 36.4 Å². The zero-order valence-corrected chi connectivity index (χ0v) is 16.5. The highest BCUT2D eigenvalue weighted by molar-refractivity contribution is 6.30. The number of carbonyl (C=O) groups excluding carboxylic acids is 1. The molecule has 4 rings (SSSR count). The standard InChI is InChI=1S/C21H17ClFN5O2/c22-16-5-7-18(8-6-16)30-14-27-10-9-20(26-27)21(29)25-17-11-24-28(13-17)12-15-3-1-2-4-19(15)23/h1-11,13H,12,14H2,(H,25,29). The molecule has 152 valence electrons. The Kier molecular flexibility index (Phi) is 5.76. The van der Waals surface area contributed by atoms with Gasteiger partial charge in [0.05, 0.1) is 18.4 Å². The van der Waals surface area contributed by atoms with Crippen molar-refractivity contribution in [3.63, 3.8) is 0 Å². The summed E-state index contributed by atoms with van der Waals surface area (Å²) in [5.41, 5.74) is 1.23. The van der Waals surface area contributed by atoms with Gasteiger partial charge in [0.2, 0.25) is 0 Å². The summed E-state index contributed by atoms with van der Waals surface area (Å²) in [6.07, 6.45) is 4.77. The number of amides is 1. The summed E-state index contributed by atoms with van der Waals surface area (Å²) in [7, 11) is 0. The van der Waals surface area contributed by atoms with Gasteiger partial charge >= 0.3 is 0 Å². The first-order chi connectivity index (χ1) is 14.6. The highest BCUT2D eigenvalue weighted by Crippen LogP contribution is 2.16. The zero-order chi connectivity index (χ0) is 20.9. The van der Waals surface area contributed by atoms with Crippen LogP contribution in [-0.2, 0) is 13.3 Å². The summed E-state index contributed by atoms with van der Waals surface area (Å²) in [4.78, 5) is 12.4. The van der Waals surface area contributed by atoms with Gasteiger partial charge in [-0.15, -0.1) is 0 Å². The Morgan fingerprint density at radius 2 is 1.90 bits per heavy atom. The number of benzene rings is 2. The third kappa shape index (κ3) is 4.84. The van der Waals surface area contributed by atoms with Crippen LogP contribution in [0.5, 0.6) is 5.75 Å². The smallest absolute Gasteiger partial charge is 0.276 e. The number of nitrogens with zero attached hydrogens (tertiary/aromatic N) is 4. The Labute approximate surface area is 176 Å². The summed E-state index contributed by atoms with van der Waals surface area (Å²) in [5, 5.41) is 11.7. The van der Waals surface area contributed by atoms with Crippen LogP contribution in [-0.4, -0.2) is 25.5 Å². The van der Waals surface area contributed by atoms with Gasteiger partial charge in [0.1, 0.15) is 11.6 Å². The van der Waals surface area contributed by atoms with Crippen molar-refractivity contribution in [2.24, 2.45) is 0 Å². The van der Waals surface area contributed by atoms with E-state index in [1.54, 1.807) is 65.6 Å². The lowest BCUT2D eigenvalue weighted by Crippen LogP contribution is -2.14. The molecule has 1 amide bonds. The quantitative estimate of drug-likeness (QED) is 0.481. The fourth-order valence-corrected chi connectivity index (χ4v) is 2.86. The van der Waals surface area contributed by atoms with Crippen LogP contribution in [0.2, 0.25) is 5.02 Å². The lowest BCUT2D eigenvalue weighted by Gasteiger charge is -2.06. The Hall–Kier alpha value is -3.65. The lowest BCUT2D eigenvalue weighted by atomic mass is 10.2. The summed E-state index contributed by atoms with van der Waals surface area (Å²) >= 11 is 5.84. The number of nitrogens with one attached hydrogen (secondary N) is 1. The summed E-state index contributed by atoms with van der Waals surface area (Å²) in [6.45, 7) is 0.411. The first-order valence-corrected chi connectivity index (χ1v) is 9.44. The van der Waals surface area contributed by atoms with E-state index < -0.39 is 0 Å². The third-order valence-corrected chi connectivity index (χ3v) is 4.48. The van der Waals surface area contributed by atoms with Crippen molar-refractivity contribution in [1.29, 1.82) is 0 Å². The molecule has 0 aliphatic heterocycles. The minimum Gasteiger partial charge on any atom is -0.471 e. The average molecular weight is 426 g/mol. The molecule has 0 atom stereocenters. The molecule has 0 radical (unpaired) electrons. The molecule has 7 nitrogen and oxygen atoms in total. The van der Waals surface area contributed by atoms with Crippen LogP contribution in [0.3, 0.4) is 0 Å². The molecular weight excluding hydrogens is 409 g/mol. The van der Waals surface area contributed by atoms with E-state index >= 15 is 0 Å². The average Bonchev–Trinajstić information content (AvgIpc) is 3.39. The van der Waals surface area contributed by atoms with Gasteiger partial charge in [0.25, 0.3) is 5.91 Å². The predicted molar refractivity (Wildman–Crippen MR) is 110 cm³/mol. The van der Waals surface area contributed by atoms with Gasteiger partial charge in [-0.2, -0.15) is 10.2 Å². The molecule has 4 aromatic rings. The number of hydrogen-bond donors (Lipinski definition) is 1. The summed E-state index contributed by atoms with van der Waals surface area (Å²) < 4.78 is 22.4. The van der Waals surface area contributed by atoms with Crippen molar-refractivity contribution >= 4 is 23.2 Å². The van der Waals surface area contributed by atoms with Crippen LogP contribution in [0.25, 0.3) is 0 Å². The first kappa shape index (κ1) is 19.7. The van der Waals surface area contributed by atoms with E-state index in [-0.39, 0.29) is 30.7 Å². The van der Waals surface area contributed by atoms with Crippen molar-refractivity contribution in [2.45, 2.75) is 13.3 Å². The third-order valence-electron chi connectivity index (χ3n) is 4.23. The van der Waals surface area contributed by atoms with Crippen LogP contribution in [0, 0.1) is 5.82 Å². The first-order valence-electron chi connectivity index (χ1n) is 9.06. The normalized spacial score (nSPS) is 10.7. The second-order valence-corrected chi connectivity index (χ2v) is 6.88. The molecule has 0 unspecified atom stereocenters. The maximum Gasteiger partial charge on any atom is 0.276 e. The molecule has 9 heteroatoms. The highest BCUT2D eigenvalue weighted by atomic mass is 35.5. The Bertz CT molecular complexity index is 1160. The Morgan fingerprint density at radius 1 is 1.10 bits per heavy atom. The monoisotopic (exact) mass is 425 g/mol. The fourth-order valence-electron chi connectivity index (χ4n) is 2.74. The molecule has 0 saturated carbocycles. The second-order valence-electron chi connectivity index (χ2n) is 6.44. The summed E-state index contributed by atoms with van der Waals surface area (Å²) in [6, 6.07) is 15.0. The Balaban J connectivity index is 1.34.